The maximum Gasteiger partial charge on any atom is 0.335 e. The highest BCUT2D eigenvalue weighted by Crippen LogP contribution is 2.28. The van der Waals surface area contributed by atoms with E-state index in [4.69, 9.17) is 14.6 Å². The third-order valence-corrected chi connectivity index (χ3v) is 3.84. The van der Waals surface area contributed by atoms with Crippen LogP contribution in [-0.2, 0) is 4.74 Å². The van der Waals surface area contributed by atoms with Crippen LogP contribution in [0.25, 0.3) is 16.6 Å². The second-order valence-electron chi connectivity index (χ2n) is 5.40. The topological polar surface area (TPSA) is 84.5 Å². The third-order valence-electron chi connectivity index (χ3n) is 3.84. The molecular weight excluding hydrogens is 320 g/mol. The summed E-state index contributed by atoms with van der Waals surface area (Å²) in [7, 11) is 1.61. The van der Waals surface area contributed by atoms with Crippen LogP contribution in [0.1, 0.15) is 15.9 Å². The van der Waals surface area contributed by atoms with Gasteiger partial charge in [-0.15, -0.1) is 0 Å². The Hall–Kier alpha value is -3.30. The van der Waals surface area contributed by atoms with E-state index >= 15 is 0 Å². The van der Waals surface area contributed by atoms with Crippen molar-refractivity contribution in [2.24, 2.45) is 0 Å². The largest absolute Gasteiger partial charge is 0.491 e. The second-order valence-corrected chi connectivity index (χ2v) is 5.40. The standard InChI is InChI=1S/C19H16N2O4/c1-24-8-9-25-16-6-7-18-17(10-16)14(11-20)12-21(18)15-4-2-13(3-5-15)19(22)23/h2-7,10,12H,8-9H2,1H3,(H,22,23). The minimum atomic E-state index is -0.973. The molecule has 6 heteroatoms. The van der Waals surface area contributed by atoms with E-state index in [9.17, 15) is 10.1 Å². The number of hydrogen-bond donors (Lipinski definition) is 1. The van der Waals surface area contributed by atoms with Crippen molar-refractivity contribution in [3.05, 3.63) is 59.8 Å². The number of fused-ring (bicyclic) bond motifs is 1. The molecule has 0 radical (unpaired) electrons. The molecule has 0 fully saturated rings. The van der Waals surface area contributed by atoms with Crippen LogP contribution in [0.3, 0.4) is 0 Å². The summed E-state index contributed by atoms with van der Waals surface area (Å²) in [5.41, 5.74) is 2.37. The molecule has 1 N–H and O–H groups in total. The van der Waals surface area contributed by atoms with E-state index < -0.39 is 5.97 Å². The molecule has 3 rings (SSSR count). The molecular formula is C19H16N2O4. The summed E-state index contributed by atoms with van der Waals surface area (Å²) in [5, 5.41) is 19.2. The number of ether oxygens (including phenoxy) is 2. The van der Waals surface area contributed by atoms with Gasteiger partial charge in [0.05, 0.1) is 23.3 Å². The predicted molar refractivity (Wildman–Crippen MR) is 92.3 cm³/mol. The molecule has 1 heterocycles. The van der Waals surface area contributed by atoms with Crippen LogP contribution in [0.15, 0.2) is 48.7 Å². The van der Waals surface area contributed by atoms with Gasteiger partial charge in [0, 0.05) is 24.4 Å². The van der Waals surface area contributed by atoms with Crippen molar-refractivity contribution in [3.63, 3.8) is 0 Å². The summed E-state index contributed by atoms with van der Waals surface area (Å²) in [6.45, 7) is 0.918. The fraction of sp³-hybridized carbons (Fsp3) is 0.158. The van der Waals surface area contributed by atoms with Crippen LogP contribution in [-0.4, -0.2) is 36.0 Å². The van der Waals surface area contributed by atoms with Gasteiger partial charge in [-0.3, -0.25) is 0 Å². The van der Waals surface area contributed by atoms with Crippen molar-refractivity contribution in [1.29, 1.82) is 5.26 Å². The van der Waals surface area contributed by atoms with Gasteiger partial charge in [-0.05, 0) is 42.5 Å². The number of nitrogens with zero attached hydrogens (tertiary/aromatic N) is 2. The number of hydrogen-bond acceptors (Lipinski definition) is 4. The Kier molecular flexibility index (Phi) is 4.68. The van der Waals surface area contributed by atoms with Gasteiger partial charge in [-0.1, -0.05) is 0 Å². The van der Waals surface area contributed by atoms with Crippen LogP contribution >= 0.6 is 0 Å². The minimum absolute atomic E-state index is 0.217. The molecule has 0 aliphatic carbocycles. The number of methoxy groups -OCH3 is 1. The number of carboxylic acids is 1. The molecule has 25 heavy (non-hydrogen) atoms. The van der Waals surface area contributed by atoms with Gasteiger partial charge in [-0.2, -0.15) is 5.26 Å². The number of aromatic carboxylic acids is 1. The van der Waals surface area contributed by atoms with Crippen LogP contribution < -0.4 is 4.74 Å². The predicted octanol–water partition coefficient (Wildman–Crippen LogP) is 3.23. The zero-order chi connectivity index (χ0) is 17.8. The number of nitriles is 1. The van der Waals surface area contributed by atoms with Crippen LogP contribution in [0.4, 0.5) is 0 Å². The molecule has 6 nitrogen and oxygen atoms in total. The SMILES string of the molecule is COCCOc1ccc2c(c1)c(C#N)cn2-c1ccc(C(=O)O)cc1. The van der Waals surface area contributed by atoms with Crippen molar-refractivity contribution in [2.75, 3.05) is 20.3 Å². The first-order valence-electron chi connectivity index (χ1n) is 7.64. The summed E-state index contributed by atoms with van der Waals surface area (Å²) < 4.78 is 12.4. The number of aromatic nitrogens is 1. The first-order chi connectivity index (χ1) is 12.1. The fourth-order valence-corrected chi connectivity index (χ4v) is 2.61. The lowest BCUT2D eigenvalue weighted by molar-refractivity contribution is 0.0697. The average molecular weight is 336 g/mol. The molecule has 0 bridgehead atoms. The second kappa shape index (κ2) is 7.07. The average Bonchev–Trinajstić information content (AvgIpc) is 3.00. The molecule has 0 unspecified atom stereocenters. The zero-order valence-electron chi connectivity index (χ0n) is 13.6. The lowest BCUT2D eigenvalue weighted by atomic mass is 10.2. The first-order valence-corrected chi connectivity index (χ1v) is 7.64. The van der Waals surface area contributed by atoms with Gasteiger partial charge in [0.1, 0.15) is 18.4 Å². The lowest BCUT2D eigenvalue weighted by Crippen LogP contribution is -2.04. The van der Waals surface area contributed by atoms with Gasteiger partial charge in [0.2, 0.25) is 0 Å². The lowest BCUT2D eigenvalue weighted by Gasteiger charge is -2.08. The van der Waals surface area contributed by atoms with E-state index in [1.165, 1.54) is 12.1 Å². The van der Waals surface area contributed by atoms with Crippen molar-refractivity contribution in [3.8, 4) is 17.5 Å². The molecule has 0 atom stereocenters. The van der Waals surface area contributed by atoms with E-state index in [0.717, 1.165) is 16.6 Å². The Morgan fingerprint density at radius 3 is 2.60 bits per heavy atom. The minimum Gasteiger partial charge on any atom is -0.491 e. The van der Waals surface area contributed by atoms with Crippen molar-refractivity contribution in [1.82, 2.24) is 4.57 Å². The van der Waals surface area contributed by atoms with Crippen LogP contribution in [0, 0.1) is 11.3 Å². The van der Waals surface area contributed by atoms with Gasteiger partial charge in [-0.25, -0.2) is 4.79 Å². The van der Waals surface area contributed by atoms with Crippen LogP contribution in [0.2, 0.25) is 0 Å². The monoisotopic (exact) mass is 336 g/mol. The fourth-order valence-electron chi connectivity index (χ4n) is 2.61. The van der Waals surface area contributed by atoms with Gasteiger partial charge in [0.15, 0.2) is 0 Å². The van der Waals surface area contributed by atoms with Crippen LogP contribution in [0.5, 0.6) is 5.75 Å². The van der Waals surface area contributed by atoms with Crippen molar-refractivity contribution < 1.29 is 19.4 Å². The van der Waals surface area contributed by atoms with Gasteiger partial charge < -0.3 is 19.1 Å². The Morgan fingerprint density at radius 2 is 1.96 bits per heavy atom. The zero-order valence-corrected chi connectivity index (χ0v) is 13.6. The quantitative estimate of drug-likeness (QED) is 0.699. The first kappa shape index (κ1) is 16.6. The highest BCUT2D eigenvalue weighted by atomic mass is 16.5. The molecule has 3 aromatic rings. The normalized spacial score (nSPS) is 10.6. The summed E-state index contributed by atoms with van der Waals surface area (Å²) in [6.07, 6.45) is 1.74. The van der Waals surface area contributed by atoms with E-state index in [0.29, 0.717) is 24.5 Å². The summed E-state index contributed by atoms with van der Waals surface area (Å²) in [4.78, 5) is 11.0. The smallest absolute Gasteiger partial charge is 0.335 e. The third kappa shape index (κ3) is 3.32. The summed E-state index contributed by atoms with van der Waals surface area (Å²) in [6, 6.07) is 14.2. The maximum atomic E-state index is 11.0. The van der Waals surface area contributed by atoms with Crippen molar-refractivity contribution in [2.45, 2.75) is 0 Å². The van der Waals surface area contributed by atoms with E-state index in [1.54, 1.807) is 25.4 Å². The number of carbonyl (C=O) groups is 1. The molecule has 0 saturated heterocycles. The van der Waals surface area contributed by atoms with Gasteiger partial charge in [0.25, 0.3) is 0 Å². The Labute approximate surface area is 144 Å². The van der Waals surface area contributed by atoms with E-state index in [-0.39, 0.29) is 5.56 Å². The molecule has 126 valence electrons. The maximum absolute atomic E-state index is 11.0. The highest BCUT2D eigenvalue weighted by molar-refractivity contribution is 5.90. The Morgan fingerprint density at radius 1 is 1.20 bits per heavy atom. The number of rotatable bonds is 6. The molecule has 0 aliphatic rings. The molecule has 0 aliphatic heterocycles. The molecule has 2 aromatic carbocycles. The summed E-state index contributed by atoms with van der Waals surface area (Å²) >= 11 is 0. The van der Waals surface area contributed by atoms with Crippen molar-refractivity contribution >= 4 is 16.9 Å². The molecule has 0 spiro atoms. The molecule has 1 aromatic heterocycles. The van der Waals surface area contributed by atoms with Gasteiger partial charge >= 0.3 is 5.97 Å². The summed E-state index contributed by atoms with van der Waals surface area (Å²) in [5.74, 6) is -0.306. The highest BCUT2D eigenvalue weighted by Gasteiger charge is 2.12. The Bertz CT molecular complexity index is 952. The van der Waals surface area contributed by atoms with E-state index in [2.05, 4.69) is 6.07 Å². The number of carboxylic acid groups (broad SMARTS) is 1. The number of benzene rings is 2. The molecule has 0 saturated carbocycles. The Balaban J connectivity index is 2.01. The van der Waals surface area contributed by atoms with E-state index in [1.807, 2.05) is 22.8 Å². The molecule has 0 amide bonds.